The maximum Gasteiger partial charge on any atom is 0.129 e. The van der Waals surface area contributed by atoms with E-state index in [1.54, 1.807) is 0 Å². The third kappa shape index (κ3) is 6.01. The molecule has 0 unspecified atom stereocenters. The van der Waals surface area contributed by atoms with E-state index in [9.17, 15) is 8.78 Å². The monoisotopic (exact) mass is 406 g/mol. The summed E-state index contributed by atoms with van der Waals surface area (Å²) in [6.45, 7) is 4.16. The Hall–Kier alpha value is -2.48. The lowest BCUT2D eigenvalue weighted by Gasteiger charge is -2.09. The lowest BCUT2D eigenvalue weighted by atomic mass is 9.98. The van der Waals surface area contributed by atoms with Crippen LogP contribution in [0, 0.1) is 11.6 Å². The van der Waals surface area contributed by atoms with E-state index in [4.69, 9.17) is 0 Å². The molecule has 30 heavy (non-hydrogen) atoms. The number of hydrogen-bond donors (Lipinski definition) is 0. The van der Waals surface area contributed by atoms with E-state index < -0.39 is 11.6 Å². The van der Waals surface area contributed by atoms with E-state index in [0.717, 1.165) is 19.3 Å². The molecule has 0 saturated carbocycles. The second-order valence-corrected chi connectivity index (χ2v) is 8.14. The summed E-state index contributed by atoms with van der Waals surface area (Å²) in [6.07, 6.45) is 7.51. The van der Waals surface area contributed by atoms with Gasteiger partial charge in [0, 0.05) is 5.56 Å². The number of hydrogen-bond acceptors (Lipinski definition) is 0. The number of unbranched alkanes of at least 4 members (excludes halogenated alkanes) is 2. The SMILES string of the molecule is CCCCCc1ccc(-c2ccc(CCc3cc(F)c(CCC)c(F)c3)cc2)cc1. The van der Waals surface area contributed by atoms with Crippen molar-refractivity contribution in [3.63, 3.8) is 0 Å². The molecule has 158 valence electrons. The molecular formula is C28H32F2. The van der Waals surface area contributed by atoms with Crippen molar-refractivity contribution in [3.05, 3.63) is 94.6 Å². The molecule has 0 N–H and O–H groups in total. The van der Waals surface area contributed by atoms with Gasteiger partial charge in [-0.2, -0.15) is 0 Å². The molecule has 0 nitrogen and oxygen atoms in total. The van der Waals surface area contributed by atoms with Crippen molar-refractivity contribution in [2.75, 3.05) is 0 Å². The van der Waals surface area contributed by atoms with Crippen LogP contribution in [0.2, 0.25) is 0 Å². The van der Waals surface area contributed by atoms with Crippen LogP contribution in [0.5, 0.6) is 0 Å². The van der Waals surface area contributed by atoms with E-state index in [0.29, 0.717) is 18.4 Å². The minimum absolute atomic E-state index is 0.210. The third-order valence-corrected chi connectivity index (χ3v) is 5.71. The molecule has 0 bridgehead atoms. The number of aryl methyl sites for hydroxylation is 3. The van der Waals surface area contributed by atoms with Gasteiger partial charge < -0.3 is 0 Å². The van der Waals surface area contributed by atoms with Crippen molar-refractivity contribution < 1.29 is 8.78 Å². The highest BCUT2D eigenvalue weighted by atomic mass is 19.1. The van der Waals surface area contributed by atoms with Gasteiger partial charge in [0.1, 0.15) is 11.6 Å². The molecule has 0 radical (unpaired) electrons. The van der Waals surface area contributed by atoms with E-state index in [-0.39, 0.29) is 5.56 Å². The molecule has 3 aromatic carbocycles. The molecule has 0 atom stereocenters. The predicted octanol–water partition coefficient (Wildman–Crippen LogP) is 8.10. The van der Waals surface area contributed by atoms with Crippen molar-refractivity contribution in [2.45, 2.75) is 65.2 Å². The van der Waals surface area contributed by atoms with Crippen LogP contribution in [-0.2, 0) is 25.7 Å². The predicted molar refractivity (Wildman–Crippen MR) is 123 cm³/mol. The first kappa shape index (κ1) is 22.2. The number of rotatable bonds is 10. The topological polar surface area (TPSA) is 0 Å². The molecule has 0 saturated heterocycles. The molecule has 0 aliphatic carbocycles. The molecule has 3 rings (SSSR count). The Bertz CT molecular complexity index is 901. The van der Waals surface area contributed by atoms with Crippen LogP contribution < -0.4 is 0 Å². The van der Waals surface area contributed by atoms with Crippen molar-refractivity contribution in [3.8, 4) is 11.1 Å². The Labute approximate surface area is 180 Å². The first-order valence-electron chi connectivity index (χ1n) is 11.3. The van der Waals surface area contributed by atoms with Gasteiger partial charge in [-0.15, -0.1) is 0 Å². The number of halogens is 2. The van der Waals surface area contributed by atoms with Crippen molar-refractivity contribution >= 4 is 0 Å². The molecule has 0 spiro atoms. The Morgan fingerprint density at radius 1 is 0.533 bits per heavy atom. The summed E-state index contributed by atoms with van der Waals surface area (Å²) >= 11 is 0. The van der Waals surface area contributed by atoms with Gasteiger partial charge in [-0.3, -0.25) is 0 Å². The maximum atomic E-state index is 14.1. The normalized spacial score (nSPS) is 11.1. The molecule has 2 heteroatoms. The average molecular weight is 407 g/mol. The van der Waals surface area contributed by atoms with Gasteiger partial charge in [-0.25, -0.2) is 8.78 Å². The molecule has 0 aromatic heterocycles. The highest BCUT2D eigenvalue weighted by Gasteiger charge is 2.10. The van der Waals surface area contributed by atoms with Crippen molar-refractivity contribution in [1.82, 2.24) is 0 Å². The summed E-state index contributed by atoms with van der Waals surface area (Å²) in [5, 5.41) is 0. The van der Waals surface area contributed by atoms with Gasteiger partial charge in [0.2, 0.25) is 0 Å². The third-order valence-electron chi connectivity index (χ3n) is 5.71. The Kier molecular flexibility index (Phi) is 8.19. The van der Waals surface area contributed by atoms with Gasteiger partial charge >= 0.3 is 0 Å². The highest BCUT2D eigenvalue weighted by molar-refractivity contribution is 5.64. The van der Waals surface area contributed by atoms with E-state index in [1.165, 1.54) is 53.6 Å². The van der Waals surface area contributed by atoms with E-state index in [2.05, 4.69) is 55.5 Å². The zero-order valence-electron chi connectivity index (χ0n) is 18.2. The second kappa shape index (κ2) is 11.1. The van der Waals surface area contributed by atoms with E-state index in [1.807, 2.05) is 6.92 Å². The molecule has 0 heterocycles. The van der Waals surface area contributed by atoms with Crippen LogP contribution >= 0.6 is 0 Å². The van der Waals surface area contributed by atoms with Crippen LogP contribution in [0.1, 0.15) is 61.8 Å². The quantitative estimate of drug-likeness (QED) is 0.298. The zero-order valence-corrected chi connectivity index (χ0v) is 18.2. The van der Waals surface area contributed by atoms with Gasteiger partial charge in [0.15, 0.2) is 0 Å². The summed E-state index contributed by atoms with van der Waals surface area (Å²) in [4.78, 5) is 0. The highest BCUT2D eigenvalue weighted by Crippen LogP contribution is 2.23. The van der Waals surface area contributed by atoms with Crippen LogP contribution in [0.3, 0.4) is 0 Å². The summed E-state index contributed by atoms with van der Waals surface area (Å²) in [7, 11) is 0. The summed E-state index contributed by atoms with van der Waals surface area (Å²) in [5.41, 5.74) is 5.91. The van der Waals surface area contributed by atoms with Gasteiger partial charge in [-0.1, -0.05) is 81.6 Å². The lowest BCUT2D eigenvalue weighted by molar-refractivity contribution is 0.549. The Balaban J connectivity index is 1.59. The van der Waals surface area contributed by atoms with Crippen LogP contribution in [0.4, 0.5) is 8.78 Å². The standard InChI is InChI=1S/C28H32F2/c1-3-5-6-8-21-11-15-24(16-12-21)25-17-13-22(14-18-25)9-10-23-19-27(29)26(7-4-2)28(30)20-23/h11-20H,3-10H2,1-2H3. The fourth-order valence-electron chi connectivity index (χ4n) is 3.88. The second-order valence-electron chi connectivity index (χ2n) is 8.14. The van der Waals surface area contributed by atoms with Crippen LogP contribution in [0.15, 0.2) is 60.7 Å². The van der Waals surface area contributed by atoms with Crippen molar-refractivity contribution in [2.24, 2.45) is 0 Å². The van der Waals surface area contributed by atoms with E-state index >= 15 is 0 Å². The Morgan fingerprint density at radius 3 is 1.53 bits per heavy atom. The first-order chi connectivity index (χ1) is 14.6. The van der Waals surface area contributed by atoms with Crippen LogP contribution in [-0.4, -0.2) is 0 Å². The molecule has 3 aromatic rings. The van der Waals surface area contributed by atoms with Gasteiger partial charge in [0.25, 0.3) is 0 Å². The molecule has 0 aliphatic heterocycles. The molecular weight excluding hydrogens is 374 g/mol. The minimum Gasteiger partial charge on any atom is -0.207 e. The summed E-state index contributed by atoms with van der Waals surface area (Å²) in [5.74, 6) is -0.833. The van der Waals surface area contributed by atoms with Gasteiger partial charge in [0.05, 0.1) is 0 Å². The Morgan fingerprint density at radius 2 is 1.03 bits per heavy atom. The zero-order chi connectivity index (χ0) is 21.3. The molecule has 0 amide bonds. The van der Waals surface area contributed by atoms with Crippen molar-refractivity contribution in [1.29, 1.82) is 0 Å². The average Bonchev–Trinajstić information content (AvgIpc) is 2.76. The molecule has 0 fully saturated rings. The first-order valence-corrected chi connectivity index (χ1v) is 11.3. The minimum atomic E-state index is -0.416. The fraction of sp³-hybridized carbons (Fsp3) is 0.357. The molecule has 0 aliphatic rings. The largest absolute Gasteiger partial charge is 0.207 e. The van der Waals surface area contributed by atoms with Crippen LogP contribution in [0.25, 0.3) is 11.1 Å². The smallest absolute Gasteiger partial charge is 0.129 e. The lowest BCUT2D eigenvalue weighted by Crippen LogP contribution is -2.00. The summed E-state index contributed by atoms with van der Waals surface area (Å²) in [6, 6.07) is 20.3. The van der Waals surface area contributed by atoms with Gasteiger partial charge in [-0.05, 0) is 72.1 Å². The summed E-state index contributed by atoms with van der Waals surface area (Å²) < 4.78 is 28.3. The number of benzene rings is 3. The fourth-order valence-corrected chi connectivity index (χ4v) is 3.88. The maximum absolute atomic E-state index is 14.1.